The number of hydrogen-bond donors (Lipinski definition) is 1. The zero-order valence-electron chi connectivity index (χ0n) is 14.8. The molecular formula is C22H18ClN3O. The number of pyridine rings is 1. The van der Waals surface area contributed by atoms with Crippen molar-refractivity contribution in [2.45, 2.75) is 13.5 Å². The Balaban J connectivity index is 1.50. The third kappa shape index (κ3) is 3.57. The minimum absolute atomic E-state index is 0.172. The van der Waals surface area contributed by atoms with E-state index in [2.05, 4.69) is 34.6 Å². The summed E-state index contributed by atoms with van der Waals surface area (Å²) in [5.41, 5.74) is 5.24. The summed E-state index contributed by atoms with van der Waals surface area (Å²) in [6.45, 7) is 2.27. The van der Waals surface area contributed by atoms with Crippen molar-refractivity contribution in [3.05, 3.63) is 94.9 Å². The van der Waals surface area contributed by atoms with Gasteiger partial charge in [0.1, 0.15) is 11.3 Å². The highest BCUT2D eigenvalue weighted by Crippen LogP contribution is 2.20. The van der Waals surface area contributed by atoms with Crippen LogP contribution in [0.2, 0.25) is 5.02 Å². The van der Waals surface area contributed by atoms with Gasteiger partial charge in [0, 0.05) is 12.7 Å². The van der Waals surface area contributed by atoms with Gasteiger partial charge in [-0.1, -0.05) is 66.2 Å². The molecule has 1 amide bonds. The summed E-state index contributed by atoms with van der Waals surface area (Å²) in [5, 5.41) is 3.53. The molecule has 134 valence electrons. The van der Waals surface area contributed by atoms with Gasteiger partial charge in [0.05, 0.1) is 10.7 Å². The third-order valence-corrected chi connectivity index (χ3v) is 4.71. The van der Waals surface area contributed by atoms with E-state index < -0.39 is 0 Å². The van der Waals surface area contributed by atoms with Gasteiger partial charge in [-0.2, -0.15) is 0 Å². The molecule has 1 N–H and O–H groups in total. The van der Waals surface area contributed by atoms with Crippen molar-refractivity contribution in [2.24, 2.45) is 0 Å². The van der Waals surface area contributed by atoms with Crippen LogP contribution in [0.15, 0.2) is 72.9 Å². The summed E-state index contributed by atoms with van der Waals surface area (Å²) in [4.78, 5) is 17.1. The number of nitrogens with zero attached hydrogens (tertiary/aromatic N) is 2. The highest BCUT2D eigenvalue weighted by molar-refractivity contribution is 6.30. The first kappa shape index (κ1) is 17.3. The van der Waals surface area contributed by atoms with Crippen molar-refractivity contribution < 1.29 is 4.79 Å². The minimum Gasteiger partial charge on any atom is -0.347 e. The van der Waals surface area contributed by atoms with E-state index in [4.69, 9.17) is 11.6 Å². The molecular weight excluding hydrogens is 358 g/mol. The molecule has 0 atom stereocenters. The third-order valence-electron chi connectivity index (χ3n) is 4.49. The largest absolute Gasteiger partial charge is 0.347 e. The normalized spacial score (nSPS) is 10.9. The smallest absolute Gasteiger partial charge is 0.270 e. The van der Waals surface area contributed by atoms with Gasteiger partial charge < -0.3 is 5.32 Å². The number of aromatic nitrogens is 2. The van der Waals surface area contributed by atoms with Crippen LogP contribution in [-0.4, -0.2) is 15.3 Å². The number of halogens is 1. The molecule has 0 fully saturated rings. The van der Waals surface area contributed by atoms with Crippen molar-refractivity contribution >= 4 is 23.2 Å². The summed E-state index contributed by atoms with van der Waals surface area (Å²) < 4.78 is 1.73. The number of nitrogens with one attached hydrogen (secondary N) is 1. The maximum Gasteiger partial charge on any atom is 0.270 e. The maximum atomic E-state index is 12.7. The van der Waals surface area contributed by atoms with Crippen LogP contribution in [0.4, 0.5) is 0 Å². The first-order chi connectivity index (χ1) is 13.1. The van der Waals surface area contributed by atoms with Gasteiger partial charge in [-0.05, 0) is 35.7 Å². The Morgan fingerprint density at radius 1 is 1.00 bits per heavy atom. The van der Waals surface area contributed by atoms with Gasteiger partial charge in [0.25, 0.3) is 5.91 Å². The van der Waals surface area contributed by atoms with Crippen LogP contribution >= 0.6 is 11.6 Å². The standard InChI is InChI=1S/C22H18ClN3O/c1-15-21(26-14-19(23)11-12-20(26)25-15)22(27)24-13-16-7-9-18(10-8-16)17-5-3-2-4-6-17/h2-12,14H,13H2,1H3,(H,24,27). The lowest BCUT2D eigenvalue weighted by Crippen LogP contribution is -2.25. The van der Waals surface area contributed by atoms with Crippen LogP contribution in [0.5, 0.6) is 0 Å². The molecule has 4 nitrogen and oxygen atoms in total. The molecule has 2 aromatic heterocycles. The molecule has 0 radical (unpaired) electrons. The minimum atomic E-state index is -0.172. The number of carbonyl (C=O) groups is 1. The first-order valence-electron chi connectivity index (χ1n) is 8.68. The predicted molar refractivity (Wildman–Crippen MR) is 108 cm³/mol. The molecule has 0 bridgehead atoms. The lowest BCUT2D eigenvalue weighted by molar-refractivity contribution is 0.0944. The topological polar surface area (TPSA) is 46.4 Å². The van der Waals surface area contributed by atoms with E-state index in [0.29, 0.717) is 28.6 Å². The van der Waals surface area contributed by atoms with Gasteiger partial charge in [-0.15, -0.1) is 0 Å². The summed E-state index contributed by atoms with van der Waals surface area (Å²) in [7, 11) is 0. The van der Waals surface area contributed by atoms with E-state index >= 15 is 0 Å². The fourth-order valence-electron chi connectivity index (χ4n) is 3.12. The van der Waals surface area contributed by atoms with Gasteiger partial charge >= 0.3 is 0 Å². The van der Waals surface area contributed by atoms with Crippen LogP contribution in [0.25, 0.3) is 16.8 Å². The molecule has 4 aromatic rings. The second-order valence-corrected chi connectivity index (χ2v) is 6.80. The molecule has 2 aromatic carbocycles. The Hall–Kier alpha value is -3.11. The average molecular weight is 376 g/mol. The zero-order valence-corrected chi connectivity index (χ0v) is 15.6. The van der Waals surface area contributed by atoms with Crippen LogP contribution in [0.1, 0.15) is 21.7 Å². The number of carbonyl (C=O) groups excluding carboxylic acids is 1. The molecule has 5 heteroatoms. The Labute approximate surface area is 162 Å². The van der Waals surface area contributed by atoms with E-state index in [9.17, 15) is 4.79 Å². The van der Waals surface area contributed by atoms with Crippen LogP contribution in [0.3, 0.4) is 0 Å². The van der Waals surface area contributed by atoms with E-state index in [1.807, 2.05) is 37.3 Å². The molecule has 0 saturated carbocycles. The lowest BCUT2D eigenvalue weighted by Gasteiger charge is -2.08. The number of rotatable bonds is 4. The molecule has 0 aliphatic heterocycles. The van der Waals surface area contributed by atoms with Crippen molar-refractivity contribution in [2.75, 3.05) is 0 Å². The summed E-state index contributed by atoms with van der Waals surface area (Å²) in [5.74, 6) is -0.172. The monoisotopic (exact) mass is 375 g/mol. The summed E-state index contributed by atoms with van der Waals surface area (Å²) in [6, 6.07) is 22.0. The Bertz CT molecular complexity index is 1100. The molecule has 4 rings (SSSR count). The number of hydrogen-bond acceptors (Lipinski definition) is 2. The number of aryl methyl sites for hydroxylation is 1. The number of imidazole rings is 1. The molecule has 27 heavy (non-hydrogen) atoms. The molecule has 2 heterocycles. The SMILES string of the molecule is Cc1nc2ccc(Cl)cn2c1C(=O)NCc1ccc(-c2ccccc2)cc1. The zero-order chi connectivity index (χ0) is 18.8. The molecule has 0 aliphatic rings. The second kappa shape index (κ2) is 7.25. The van der Waals surface area contributed by atoms with Crippen molar-refractivity contribution in [1.29, 1.82) is 0 Å². The van der Waals surface area contributed by atoms with E-state index in [0.717, 1.165) is 11.1 Å². The maximum absolute atomic E-state index is 12.7. The number of fused-ring (bicyclic) bond motifs is 1. The quantitative estimate of drug-likeness (QED) is 0.551. The molecule has 0 saturated heterocycles. The van der Waals surface area contributed by atoms with Gasteiger partial charge in [-0.25, -0.2) is 4.98 Å². The van der Waals surface area contributed by atoms with E-state index in [1.165, 1.54) is 5.56 Å². The Kier molecular flexibility index (Phi) is 4.65. The van der Waals surface area contributed by atoms with Gasteiger partial charge in [-0.3, -0.25) is 9.20 Å². The molecule has 0 aliphatic carbocycles. The lowest BCUT2D eigenvalue weighted by atomic mass is 10.0. The number of amides is 1. The van der Waals surface area contributed by atoms with Crippen molar-refractivity contribution in [3.63, 3.8) is 0 Å². The molecule has 0 spiro atoms. The van der Waals surface area contributed by atoms with Crippen LogP contribution in [0, 0.1) is 6.92 Å². The second-order valence-electron chi connectivity index (χ2n) is 6.37. The van der Waals surface area contributed by atoms with Gasteiger partial charge in [0.2, 0.25) is 0 Å². The highest BCUT2D eigenvalue weighted by Gasteiger charge is 2.16. The Morgan fingerprint density at radius 2 is 1.70 bits per heavy atom. The highest BCUT2D eigenvalue weighted by atomic mass is 35.5. The summed E-state index contributed by atoms with van der Waals surface area (Å²) >= 11 is 6.06. The van der Waals surface area contributed by atoms with E-state index in [-0.39, 0.29) is 5.91 Å². The predicted octanol–water partition coefficient (Wildman–Crippen LogP) is 4.89. The fraction of sp³-hybridized carbons (Fsp3) is 0.0909. The van der Waals surface area contributed by atoms with Crippen molar-refractivity contribution in [3.8, 4) is 11.1 Å². The van der Waals surface area contributed by atoms with Gasteiger partial charge in [0.15, 0.2) is 0 Å². The Morgan fingerprint density at radius 3 is 2.44 bits per heavy atom. The summed E-state index contributed by atoms with van der Waals surface area (Å²) in [6.07, 6.45) is 1.71. The van der Waals surface area contributed by atoms with E-state index in [1.54, 1.807) is 22.7 Å². The van der Waals surface area contributed by atoms with Crippen LogP contribution in [-0.2, 0) is 6.54 Å². The average Bonchev–Trinajstić information content (AvgIpc) is 3.02. The number of benzene rings is 2. The molecule has 0 unspecified atom stereocenters. The van der Waals surface area contributed by atoms with Crippen LogP contribution < -0.4 is 5.32 Å². The van der Waals surface area contributed by atoms with Crippen molar-refractivity contribution in [1.82, 2.24) is 14.7 Å². The fourth-order valence-corrected chi connectivity index (χ4v) is 3.28. The first-order valence-corrected chi connectivity index (χ1v) is 9.06.